The molecule has 0 saturated heterocycles. The Morgan fingerprint density at radius 3 is 2.26 bits per heavy atom. The summed E-state index contributed by atoms with van der Waals surface area (Å²) >= 11 is 0. The number of benzene rings is 1. The predicted molar refractivity (Wildman–Crippen MR) is 125 cm³/mol. The number of aryl methyl sites for hydroxylation is 2. The van der Waals surface area contributed by atoms with Crippen molar-refractivity contribution in [2.45, 2.75) is 27.7 Å². The predicted octanol–water partition coefficient (Wildman–Crippen LogP) is 4.25. The Morgan fingerprint density at radius 1 is 0.941 bits per heavy atom. The zero-order chi connectivity index (χ0) is 24.6. The van der Waals surface area contributed by atoms with Gasteiger partial charge in [0.1, 0.15) is 28.0 Å². The van der Waals surface area contributed by atoms with Crippen LogP contribution in [0, 0.1) is 13.8 Å². The molecule has 0 fully saturated rings. The van der Waals surface area contributed by atoms with Crippen molar-refractivity contribution in [1.29, 1.82) is 0 Å². The molecule has 0 spiro atoms. The maximum absolute atomic E-state index is 13.8. The highest BCUT2D eigenvalue weighted by Crippen LogP contribution is 2.31. The number of aromatic nitrogens is 1. The van der Waals surface area contributed by atoms with Gasteiger partial charge in [0.05, 0.1) is 18.7 Å². The summed E-state index contributed by atoms with van der Waals surface area (Å²) in [6, 6.07) is 10.0. The van der Waals surface area contributed by atoms with Crippen molar-refractivity contribution in [3.05, 3.63) is 86.5 Å². The number of ketones is 1. The van der Waals surface area contributed by atoms with Crippen LogP contribution in [0.25, 0.3) is 16.5 Å². The Morgan fingerprint density at radius 2 is 1.59 bits per heavy atom. The minimum absolute atomic E-state index is 0.0248. The van der Waals surface area contributed by atoms with Gasteiger partial charge in [-0.2, -0.15) is 0 Å². The van der Waals surface area contributed by atoms with Crippen LogP contribution in [0.15, 0.2) is 51.8 Å². The molecular formula is C26H23NO7. The third kappa shape index (κ3) is 3.77. The zero-order valence-corrected chi connectivity index (χ0v) is 19.3. The average Bonchev–Trinajstić information content (AvgIpc) is 3.14. The standard InChI is InChI=1S/C26H23NO7/c1-5-32-25(30)19-20(26(31)33-6-2)22(27-13-14(3)11-15(4)21(19)27)23(28)17-12-16-9-7-8-10-18(16)34-24(17)29/h7-13H,5-6H2,1-4H3. The minimum atomic E-state index is -0.861. The first-order chi connectivity index (χ1) is 16.3. The Balaban J connectivity index is 2.11. The van der Waals surface area contributed by atoms with Crippen LogP contribution in [-0.2, 0) is 9.47 Å². The summed E-state index contributed by atoms with van der Waals surface area (Å²) in [4.78, 5) is 52.7. The van der Waals surface area contributed by atoms with E-state index in [2.05, 4.69) is 0 Å². The topological polar surface area (TPSA) is 104 Å². The van der Waals surface area contributed by atoms with Gasteiger partial charge in [0, 0.05) is 11.6 Å². The third-order valence-corrected chi connectivity index (χ3v) is 5.42. The summed E-state index contributed by atoms with van der Waals surface area (Å²) < 4.78 is 17.2. The van der Waals surface area contributed by atoms with Crippen LogP contribution < -0.4 is 5.63 Å². The van der Waals surface area contributed by atoms with Crippen LogP contribution in [0.2, 0.25) is 0 Å². The molecule has 0 saturated carbocycles. The number of hydrogen-bond donors (Lipinski definition) is 0. The van der Waals surface area contributed by atoms with Crippen molar-refractivity contribution in [1.82, 2.24) is 4.40 Å². The summed E-state index contributed by atoms with van der Waals surface area (Å²) in [5.41, 5.74) is 0.496. The van der Waals surface area contributed by atoms with Gasteiger partial charge in [0.25, 0.3) is 0 Å². The number of rotatable bonds is 6. The second kappa shape index (κ2) is 8.97. The number of esters is 2. The van der Waals surface area contributed by atoms with Crippen molar-refractivity contribution in [2.75, 3.05) is 13.2 Å². The molecule has 34 heavy (non-hydrogen) atoms. The Labute approximate surface area is 194 Å². The van der Waals surface area contributed by atoms with Crippen LogP contribution in [-0.4, -0.2) is 35.3 Å². The molecule has 0 aliphatic heterocycles. The molecule has 0 aliphatic carbocycles. The van der Waals surface area contributed by atoms with E-state index in [9.17, 15) is 19.2 Å². The van der Waals surface area contributed by atoms with Gasteiger partial charge >= 0.3 is 17.6 Å². The molecule has 8 nitrogen and oxygen atoms in total. The SMILES string of the molecule is CCOC(=O)c1c(C(=O)OCC)c2c(C)cc(C)cn2c1C(=O)c1cc2ccccc2oc1=O. The monoisotopic (exact) mass is 461 g/mol. The van der Waals surface area contributed by atoms with Gasteiger partial charge in [-0.15, -0.1) is 0 Å². The summed E-state index contributed by atoms with van der Waals surface area (Å²) in [7, 11) is 0. The highest BCUT2D eigenvalue weighted by atomic mass is 16.5. The Hall–Kier alpha value is -4.20. The fourth-order valence-corrected chi connectivity index (χ4v) is 4.13. The molecule has 1 aromatic carbocycles. The molecule has 3 heterocycles. The first-order valence-electron chi connectivity index (χ1n) is 10.9. The van der Waals surface area contributed by atoms with E-state index in [0.717, 1.165) is 5.56 Å². The highest BCUT2D eigenvalue weighted by molar-refractivity contribution is 6.20. The van der Waals surface area contributed by atoms with Crippen LogP contribution in [0.1, 0.15) is 61.7 Å². The largest absolute Gasteiger partial charge is 0.462 e. The Kier molecular flexibility index (Phi) is 6.06. The lowest BCUT2D eigenvalue weighted by Crippen LogP contribution is -2.20. The quantitative estimate of drug-likeness (QED) is 0.240. The van der Waals surface area contributed by atoms with Crippen LogP contribution >= 0.6 is 0 Å². The number of pyridine rings is 1. The van der Waals surface area contributed by atoms with Crippen LogP contribution in [0.3, 0.4) is 0 Å². The number of hydrogen-bond acceptors (Lipinski definition) is 7. The van der Waals surface area contributed by atoms with Crippen molar-refractivity contribution in [3.8, 4) is 0 Å². The highest BCUT2D eigenvalue weighted by Gasteiger charge is 2.35. The fraction of sp³-hybridized carbons (Fsp3) is 0.231. The molecule has 0 atom stereocenters. The van der Waals surface area contributed by atoms with Gasteiger partial charge < -0.3 is 18.3 Å². The van der Waals surface area contributed by atoms with E-state index in [-0.39, 0.29) is 35.6 Å². The second-order valence-corrected chi connectivity index (χ2v) is 7.77. The summed E-state index contributed by atoms with van der Waals surface area (Å²) in [6.07, 6.45) is 1.63. The number of nitrogens with zero attached hydrogens (tertiary/aromatic N) is 1. The summed E-state index contributed by atoms with van der Waals surface area (Å²) in [5.74, 6) is -2.39. The van der Waals surface area contributed by atoms with Gasteiger partial charge in [-0.25, -0.2) is 14.4 Å². The molecule has 4 rings (SSSR count). The molecular weight excluding hydrogens is 438 g/mol. The van der Waals surface area contributed by atoms with Crippen molar-refractivity contribution in [2.24, 2.45) is 0 Å². The normalized spacial score (nSPS) is 11.1. The van der Waals surface area contributed by atoms with E-state index < -0.39 is 23.3 Å². The molecule has 0 N–H and O–H groups in total. The second-order valence-electron chi connectivity index (χ2n) is 7.77. The van der Waals surface area contributed by atoms with Gasteiger partial charge in [0.15, 0.2) is 0 Å². The third-order valence-electron chi connectivity index (χ3n) is 5.42. The van der Waals surface area contributed by atoms with Crippen molar-refractivity contribution >= 4 is 34.2 Å². The van der Waals surface area contributed by atoms with Gasteiger partial charge in [-0.3, -0.25) is 4.79 Å². The molecule has 0 unspecified atom stereocenters. The van der Waals surface area contributed by atoms with Crippen LogP contribution in [0.5, 0.6) is 0 Å². The maximum atomic E-state index is 13.8. The first kappa shape index (κ1) is 23.0. The average molecular weight is 461 g/mol. The Bertz CT molecular complexity index is 1520. The fourth-order valence-electron chi connectivity index (χ4n) is 4.13. The van der Waals surface area contributed by atoms with Gasteiger partial charge in [-0.1, -0.05) is 24.3 Å². The molecule has 0 aliphatic rings. The van der Waals surface area contributed by atoms with E-state index in [4.69, 9.17) is 13.9 Å². The number of ether oxygens (including phenoxy) is 2. The van der Waals surface area contributed by atoms with Crippen molar-refractivity contribution < 1.29 is 28.3 Å². The van der Waals surface area contributed by atoms with E-state index in [1.165, 1.54) is 10.5 Å². The lowest BCUT2D eigenvalue weighted by atomic mass is 10.0. The molecule has 0 radical (unpaired) electrons. The molecule has 3 aromatic heterocycles. The molecule has 0 bridgehead atoms. The molecule has 0 amide bonds. The minimum Gasteiger partial charge on any atom is -0.462 e. The summed E-state index contributed by atoms with van der Waals surface area (Å²) in [5, 5.41) is 0.543. The van der Waals surface area contributed by atoms with E-state index in [0.29, 0.717) is 22.0 Å². The number of fused-ring (bicyclic) bond motifs is 2. The molecule has 8 heteroatoms. The van der Waals surface area contributed by atoms with Crippen molar-refractivity contribution in [3.63, 3.8) is 0 Å². The van der Waals surface area contributed by atoms with E-state index in [1.807, 2.05) is 13.0 Å². The van der Waals surface area contributed by atoms with Crippen LogP contribution in [0.4, 0.5) is 0 Å². The maximum Gasteiger partial charge on any atom is 0.347 e. The number of carbonyl (C=O) groups is 3. The van der Waals surface area contributed by atoms with Gasteiger partial charge in [0.2, 0.25) is 5.78 Å². The van der Waals surface area contributed by atoms with Gasteiger partial charge in [-0.05, 0) is 51.0 Å². The number of para-hydroxylation sites is 1. The zero-order valence-electron chi connectivity index (χ0n) is 19.3. The molecule has 174 valence electrons. The van der Waals surface area contributed by atoms with E-state index in [1.54, 1.807) is 51.2 Å². The lowest BCUT2D eigenvalue weighted by Gasteiger charge is -2.08. The van der Waals surface area contributed by atoms with E-state index >= 15 is 0 Å². The number of carbonyl (C=O) groups excluding carboxylic acids is 3. The summed E-state index contributed by atoms with van der Waals surface area (Å²) in [6.45, 7) is 6.94. The molecule has 4 aromatic rings. The first-order valence-corrected chi connectivity index (χ1v) is 10.9. The lowest BCUT2D eigenvalue weighted by molar-refractivity contribution is 0.0480. The smallest absolute Gasteiger partial charge is 0.347 e.